The monoisotopic (exact) mass is 481 g/mol. The Morgan fingerprint density at radius 2 is 1.91 bits per heavy atom. The molecule has 0 aliphatic carbocycles. The lowest BCUT2D eigenvalue weighted by Gasteiger charge is -2.31. The van der Waals surface area contributed by atoms with Crippen LogP contribution in [-0.2, 0) is 11.3 Å². The first-order valence-corrected chi connectivity index (χ1v) is 11.5. The van der Waals surface area contributed by atoms with E-state index in [9.17, 15) is 9.59 Å². The molecule has 2 aromatic carbocycles. The van der Waals surface area contributed by atoms with Crippen molar-refractivity contribution in [2.75, 3.05) is 11.4 Å². The fourth-order valence-electron chi connectivity index (χ4n) is 3.92. The van der Waals surface area contributed by atoms with Crippen LogP contribution in [0.5, 0.6) is 0 Å². The van der Waals surface area contributed by atoms with Gasteiger partial charge < -0.3 is 14.1 Å². The minimum absolute atomic E-state index is 0.245. The molecule has 1 atom stereocenters. The lowest BCUT2D eigenvalue weighted by atomic mass is 10.1. The summed E-state index contributed by atoms with van der Waals surface area (Å²) in [6.45, 7) is 9.89. The predicted octanol–water partition coefficient (Wildman–Crippen LogP) is 6.09. The fourth-order valence-corrected chi connectivity index (χ4v) is 4.18. The number of para-hydroxylation sites is 1. The Kier molecular flexibility index (Phi) is 6.41. The standard InChI is InChI=1S/C26H28ClN3O4/c1-16-15-33-23(28-16)18-10-11-20(21(27)12-18)24(31)30-13-17(2)29(25(32)34-26(3,4)5)14-19-8-6-7-9-22(19)30/h6-12,15,17H,13-14H2,1-5H3/t17-/m1/s1. The molecule has 0 saturated heterocycles. The van der Waals surface area contributed by atoms with E-state index < -0.39 is 11.7 Å². The highest BCUT2D eigenvalue weighted by atomic mass is 35.5. The van der Waals surface area contributed by atoms with Gasteiger partial charge in [-0.25, -0.2) is 9.78 Å². The van der Waals surface area contributed by atoms with Crippen molar-refractivity contribution in [2.24, 2.45) is 0 Å². The molecule has 0 unspecified atom stereocenters. The third-order valence-electron chi connectivity index (χ3n) is 5.54. The second-order valence-corrected chi connectivity index (χ2v) is 9.90. The number of hydrogen-bond acceptors (Lipinski definition) is 5. The molecule has 2 amide bonds. The zero-order valence-electron chi connectivity index (χ0n) is 20.0. The molecule has 7 nitrogen and oxygen atoms in total. The Morgan fingerprint density at radius 1 is 1.18 bits per heavy atom. The molecule has 34 heavy (non-hydrogen) atoms. The van der Waals surface area contributed by atoms with Gasteiger partial charge in [-0.2, -0.15) is 0 Å². The Bertz CT molecular complexity index is 1230. The molecule has 3 aromatic rings. The molecule has 1 aromatic heterocycles. The number of aromatic nitrogens is 1. The van der Waals surface area contributed by atoms with E-state index in [0.29, 0.717) is 35.1 Å². The van der Waals surface area contributed by atoms with Crippen molar-refractivity contribution >= 4 is 29.3 Å². The molecule has 0 saturated carbocycles. The van der Waals surface area contributed by atoms with Gasteiger partial charge in [-0.05, 0) is 64.4 Å². The number of hydrogen-bond donors (Lipinski definition) is 0. The van der Waals surface area contributed by atoms with Crippen LogP contribution in [0.4, 0.5) is 10.5 Å². The summed E-state index contributed by atoms with van der Waals surface area (Å²) in [7, 11) is 0. The topological polar surface area (TPSA) is 75.9 Å². The molecular weight excluding hydrogens is 454 g/mol. The lowest BCUT2D eigenvalue weighted by Crippen LogP contribution is -2.46. The van der Waals surface area contributed by atoms with Gasteiger partial charge in [0, 0.05) is 17.8 Å². The summed E-state index contributed by atoms with van der Waals surface area (Å²) in [5.74, 6) is 0.200. The molecule has 0 spiro atoms. The van der Waals surface area contributed by atoms with E-state index in [0.717, 1.165) is 16.9 Å². The first-order chi connectivity index (χ1) is 16.0. The first-order valence-electron chi connectivity index (χ1n) is 11.1. The molecule has 178 valence electrons. The van der Waals surface area contributed by atoms with E-state index in [1.54, 1.807) is 34.3 Å². The quantitative estimate of drug-likeness (QED) is 0.442. The molecular formula is C26H28ClN3O4. The molecule has 1 aliphatic rings. The first kappa shape index (κ1) is 23.8. The zero-order valence-corrected chi connectivity index (χ0v) is 20.7. The van der Waals surface area contributed by atoms with Crippen LogP contribution in [0.2, 0.25) is 5.02 Å². The van der Waals surface area contributed by atoms with Crippen LogP contribution in [0.25, 0.3) is 11.5 Å². The van der Waals surface area contributed by atoms with Gasteiger partial charge in [-0.1, -0.05) is 29.8 Å². The summed E-state index contributed by atoms with van der Waals surface area (Å²) in [6.07, 6.45) is 1.15. The molecule has 0 N–H and O–H groups in total. The predicted molar refractivity (Wildman–Crippen MR) is 131 cm³/mol. The maximum absolute atomic E-state index is 13.7. The minimum atomic E-state index is -0.616. The van der Waals surface area contributed by atoms with E-state index in [-0.39, 0.29) is 11.9 Å². The zero-order chi connectivity index (χ0) is 24.6. The number of rotatable bonds is 2. The molecule has 1 aliphatic heterocycles. The van der Waals surface area contributed by atoms with E-state index >= 15 is 0 Å². The number of anilines is 1. The van der Waals surface area contributed by atoms with Crippen LogP contribution in [0, 0.1) is 6.92 Å². The van der Waals surface area contributed by atoms with Gasteiger partial charge >= 0.3 is 6.09 Å². The van der Waals surface area contributed by atoms with E-state index in [2.05, 4.69) is 4.98 Å². The maximum atomic E-state index is 13.7. The highest BCUT2D eigenvalue weighted by Crippen LogP contribution is 2.32. The van der Waals surface area contributed by atoms with Crippen molar-refractivity contribution < 1.29 is 18.7 Å². The summed E-state index contributed by atoms with van der Waals surface area (Å²) >= 11 is 6.55. The van der Waals surface area contributed by atoms with Crippen molar-refractivity contribution in [3.63, 3.8) is 0 Å². The number of amides is 2. The number of halogens is 1. The van der Waals surface area contributed by atoms with Gasteiger partial charge in [0.1, 0.15) is 11.9 Å². The normalized spacial score (nSPS) is 16.1. The number of aryl methyl sites for hydroxylation is 1. The fraction of sp³-hybridized carbons (Fsp3) is 0.346. The smallest absolute Gasteiger partial charge is 0.410 e. The number of fused-ring (bicyclic) bond motifs is 1. The summed E-state index contributed by atoms with van der Waals surface area (Å²) in [5.41, 5.74) is 2.80. The number of carbonyl (C=O) groups excluding carboxylic acids is 2. The molecule has 4 rings (SSSR count). The number of oxazole rings is 1. The van der Waals surface area contributed by atoms with Crippen LogP contribution in [-0.4, -0.2) is 40.1 Å². The van der Waals surface area contributed by atoms with Crippen molar-refractivity contribution in [3.8, 4) is 11.5 Å². The van der Waals surface area contributed by atoms with Crippen molar-refractivity contribution in [3.05, 3.63) is 70.6 Å². The Morgan fingerprint density at radius 3 is 2.56 bits per heavy atom. The van der Waals surface area contributed by atoms with E-state index in [1.807, 2.05) is 58.9 Å². The number of nitrogens with zero attached hydrogens (tertiary/aromatic N) is 3. The van der Waals surface area contributed by atoms with E-state index in [4.69, 9.17) is 20.8 Å². The molecule has 0 radical (unpaired) electrons. The van der Waals surface area contributed by atoms with Crippen LogP contribution in [0.15, 0.2) is 53.1 Å². The number of benzene rings is 2. The molecule has 0 bridgehead atoms. The lowest BCUT2D eigenvalue weighted by molar-refractivity contribution is 0.0167. The molecule has 2 heterocycles. The molecule has 0 fully saturated rings. The van der Waals surface area contributed by atoms with Gasteiger partial charge in [0.2, 0.25) is 5.89 Å². The maximum Gasteiger partial charge on any atom is 0.410 e. The Balaban J connectivity index is 1.66. The Labute approximate surface area is 204 Å². The number of ether oxygens (including phenoxy) is 1. The second-order valence-electron chi connectivity index (χ2n) is 9.49. The second kappa shape index (κ2) is 9.14. The van der Waals surface area contributed by atoms with Crippen molar-refractivity contribution in [1.29, 1.82) is 0 Å². The Hall–Kier alpha value is -3.32. The largest absolute Gasteiger partial charge is 0.444 e. The van der Waals surface area contributed by atoms with Crippen LogP contribution in [0.1, 0.15) is 49.3 Å². The third kappa shape index (κ3) is 4.94. The summed E-state index contributed by atoms with van der Waals surface area (Å²) in [6, 6.07) is 12.4. The third-order valence-corrected chi connectivity index (χ3v) is 5.85. The summed E-state index contributed by atoms with van der Waals surface area (Å²) < 4.78 is 11.1. The summed E-state index contributed by atoms with van der Waals surface area (Å²) in [4.78, 5) is 34.3. The minimum Gasteiger partial charge on any atom is -0.444 e. The SMILES string of the molecule is Cc1coc(-c2ccc(C(=O)N3C[C@@H](C)N(C(=O)OC(C)(C)C)Cc4ccccc43)c(Cl)c2)n1. The van der Waals surface area contributed by atoms with Crippen molar-refractivity contribution in [1.82, 2.24) is 9.88 Å². The summed E-state index contributed by atoms with van der Waals surface area (Å²) in [5, 5.41) is 0.303. The van der Waals surface area contributed by atoms with Gasteiger partial charge in [-0.15, -0.1) is 0 Å². The van der Waals surface area contributed by atoms with Crippen LogP contribution >= 0.6 is 11.6 Å². The van der Waals surface area contributed by atoms with Crippen LogP contribution < -0.4 is 4.90 Å². The number of carbonyl (C=O) groups is 2. The van der Waals surface area contributed by atoms with Gasteiger partial charge in [0.15, 0.2) is 0 Å². The molecule has 8 heteroatoms. The van der Waals surface area contributed by atoms with Gasteiger partial charge in [0.05, 0.1) is 28.9 Å². The van der Waals surface area contributed by atoms with E-state index in [1.165, 1.54) is 0 Å². The average Bonchev–Trinajstić information content (AvgIpc) is 3.14. The highest BCUT2D eigenvalue weighted by molar-refractivity contribution is 6.34. The highest BCUT2D eigenvalue weighted by Gasteiger charge is 2.34. The van der Waals surface area contributed by atoms with Gasteiger partial charge in [-0.3, -0.25) is 9.69 Å². The van der Waals surface area contributed by atoms with Crippen molar-refractivity contribution in [2.45, 2.75) is 52.8 Å². The van der Waals surface area contributed by atoms with Crippen LogP contribution in [0.3, 0.4) is 0 Å². The average molecular weight is 482 g/mol. The van der Waals surface area contributed by atoms with Gasteiger partial charge in [0.25, 0.3) is 5.91 Å².